The van der Waals surface area contributed by atoms with Crippen molar-refractivity contribution < 1.29 is 9.47 Å². The molecule has 0 atom stereocenters. The molecule has 1 aliphatic rings. The minimum Gasteiger partial charge on any atom is -0.348 e. The van der Waals surface area contributed by atoms with Crippen LogP contribution >= 0.6 is 12.2 Å². The SMILES string of the molecule is CCCCCCCCc1ccc(C2COC(c3ccc(N=C=S)cc3)OC2)cc1. The number of ether oxygens (including phenoxy) is 2. The molecule has 0 N–H and O–H groups in total. The van der Waals surface area contributed by atoms with Crippen LogP contribution in [0.2, 0.25) is 0 Å². The summed E-state index contributed by atoms with van der Waals surface area (Å²) in [5, 5.41) is 2.38. The monoisotopic (exact) mass is 409 g/mol. The Bertz CT molecular complexity index is 773. The topological polar surface area (TPSA) is 30.8 Å². The lowest BCUT2D eigenvalue weighted by atomic mass is 9.97. The Kier molecular flexibility index (Phi) is 9.04. The van der Waals surface area contributed by atoms with Crippen molar-refractivity contribution >= 4 is 23.1 Å². The molecule has 0 aliphatic carbocycles. The summed E-state index contributed by atoms with van der Waals surface area (Å²) in [4.78, 5) is 3.97. The second-order valence-corrected chi connectivity index (χ2v) is 7.93. The molecule has 3 rings (SSSR count). The van der Waals surface area contributed by atoms with Gasteiger partial charge in [0.25, 0.3) is 0 Å². The van der Waals surface area contributed by atoms with E-state index < -0.39 is 0 Å². The van der Waals surface area contributed by atoms with Gasteiger partial charge in [-0.3, -0.25) is 0 Å². The molecule has 2 aromatic carbocycles. The second-order valence-electron chi connectivity index (χ2n) is 7.75. The van der Waals surface area contributed by atoms with Gasteiger partial charge in [0.05, 0.1) is 24.1 Å². The van der Waals surface area contributed by atoms with Crippen molar-refractivity contribution in [1.82, 2.24) is 0 Å². The fourth-order valence-corrected chi connectivity index (χ4v) is 3.82. The number of hydrogen-bond donors (Lipinski definition) is 0. The highest BCUT2D eigenvalue weighted by Gasteiger charge is 2.24. The average molecular weight is 410 g/mol. The molecule has 4 heteroatoms. The van der Waals surface area contributed by atoms with E-state index in [0.29, 0.717) is 13.2 Å². The van der Waals surface area contributed by atoms with E-state index in [1.54, 1.807) is 0 Å². The second kappa shape index (κ2) is 12.0. The van der Waals surface area contributed by atoms with Crippen LogP contribution < -0.4 is 0 Å². The van der Waals surface area contributed by atoms with E-state index in [2.05, 4.69) is 53.6 Å². The minimum atomic E-state index is -0.316. The molecular weight excluding hydrogens is 378 g/mol. The molecule has 1 aliphatic heterocycles. The van der Waals surface area contributed by atoms with Crippen LogP contribution in [-0.2, 0) is 15.9 Å². The molecule has 1 saturated heterocycles. The summed E-state index contributed by atoms with van der Waals surface area (Å²) >= 11 is 4.63. The van der Waals surface area contributed by atoms with Crippen molar-refractivity contribution in [3.8, 4) is 0 Å². The van der Waals surface area contributed by atoms with Gasteiger partial charge >= 0.3 is 0 Å². The Morgan fingerprint density at radius 2 is 1.48 bits per heavy atom. The predicted molar refractivity (Wildman–Crippen MR) is 122 cm³/mol. The van der Waals surface area contributed by atoms with Crippen molar-refractivity contribution in [3.63, 3.8) is 0 Å². The van der Waals surface area contributed by atoms with Crippen molar-refractivity contribution in [2.45, 2.75) is 64.1 Å². The van der Waals surface area contributed by atoms with Gasteiger partial charge in [-0.2, -0.15) is 4.99 Å². The first-order chi connectivity index (χ1) is 14.3. The minimum absolute atomic E-state index is 0.285. The molecule has 2 aromatic rings. The number of nitrogens with zero attached hydrogens (tertiary/aromatic N) is 1. The third-order valence-electron chi connectivity index (χ3n) is 5.51. The first-order valence-electron chi connectivity index (χ1n) is 10.8. The van der Waals surface area contributed by atoms with Crippen LogP contribution in [0.5, 0.6) is 0 Å². The van der Waals surface area contributed by atoms with Crippen LogP contribution in [-0.4, -0.2) is 18.4 Å². The first-order valence-corrected chi connectivity index (χ1v) is 11.2. The number of isothiocyanates is 1. The molecule has 0 radical (unpaired) electrons. The van der Waals surface area contributed by atoms with Crippen LogP contribution in [0.15, 0.2) is 53.5 Å². The van der Waals surface area contributed by atoms with Crippen LogP contribution in [0.4, 0.5) is 5.69 Å². The van der Waals surface area contributed by atoms with Crippen molar-refractivity contribution in [2.24, 2.45) is 4.99 Å². The molecule has 0 amide bonds. The lowest BCUT2D eigenvalue weighted by Crippen LogP contribution is -2.25. The molecule has 0 spiro atoms. The molecule has 1 heterocycles. The van der Waals surface area contributed by atoms with E-state index in [4.69, 9.17) is 9.47 Å². The summed E-state index contributed by atoms with van der Waals surface area (Å²) in [5.41, 5.74) is 4.51. The third kappa shape index (κ3) is 6.87. The summed E-state index contributed by atoms with van der Waals surface area (Å²) < 4.78 is 12.0. The highest BCUT2D eigenvalue weighted by atomic mass is 32.1. The maximum atomic E-state index is 5.98. The molecule has 0 unspecified atom stereocenters. The number of unbranched alkanes of at least 4 members (excludes halogenated alkanes) is 5. The Hall–Kier alpha value is -1.84. The zero-order chi connectivity index (χ0) is 20.3. The maximum absolute atomic E-state index is 5.98. The number of rotatable bonds is 10. The van der Waals surface area contributed by atoms with Gasteiger partial charge in [0.2, 0.25) is 0 Å². The van der Waals surface area contributed by atoms with Gasteiger partial charge in [-0.1, -0.05) is 75.4 Å². The van der Waals surface area contributed by atoms with Crippen LogP contribution in [0, 0.1) is 0 Å². The summed E-state index contributed by atoms with van der Waals surface area (Å²) in [5.74, 6) is 0.285. The van der Waals surface area contributed by atoms with Crippen LogP contribution in [0.3, 0.4) is 0 Å². The standard InChI is InChI=1S/C25H31NO2S/c1-2-3-4-5-6-7-8-20-9-11-21(12-10-20)23-17-27-25(28-18-23)22-13-15-24(16-14-22)26-19-29/h9-16,23,25H,2-8,17-18H2,1H3. The van der Waals surface area contributed by atoms with Gasteiger partial charge < -0.3 is 9.47 Å². The molecule has 0 saturated carbocycles. The maximum Gasteiger partial charge on any atom is 0.183 e. The molecule has 1 fully saturated rings. The zero-order valence-electron chi connectivity index (χ0n) is 17.3. The van der Waals surface area contributed by atoms with Crippen molar-refractivity contribution in [2.75, 3.05) is 13.2 Å². The number of benzene rings is 2. The van der Waals surface area contributed by atoms with E-state index in [-0.39, 0.29) is 12.2 Å². The predicted octanol–water partition coefficient (Wildman–Crippen LogP) is 7.15. The number of aliphatic imine (C=N–C) groups is 1. The van der Waals surface area contributed by atoms with E-state index in [1.807, 2.05) is 24.3 Å². The van der Waals surface area contributed by atoms with E-state index in [0.717, 1.165) is 11.3 Å². The quantitative estimate of drug-likeness (QED) is 0.237. The van der Waals surface area contributed by atoms with Gasteiger partial charge in [-0.15, -0.1) is 0 Å². The highest BCUT2D eigenvalue weighted by molar-refractivity contribution is 7.78. The molecular formula is C25H31NO2S. The van der Waals surface area contributed by atoms with Crippen LogP contribution in [0.25, 0.3) is 0 Å². The average Bonchev–Trinajstić information content (AvgIpc) is 2.78. The molecule has 29 heavy (non-hydrogen) atoms. The third-order valence-corrected chi connectivity index (χ3v) is 5.60. The van der Waals surface area contributed by atoms with Crippen molar-refractivity contribution in [1.29, 1.82) is 0 Å². The normalized spacial score (nSPS) is 18.9. The Morgan fingerprint density at radius 1 is 0.862 bits per heavy atom. The van der Waals surface area contributed by atoms with E-state index in [1.165, 1.54) is 56.1 Å². The first kappa shape index (κ1) is 21.9. The van der Waals surface area contributed by atoms with Gasteiger partial charge in [0.15, 0.2) is 6.29 Å². The number of thiocarbonyl (C=S) groups is 1. The summed E-state index contributed by atoms with van der Waals surface area (Å²) in [6.07, 6.45) is 8.91. The Morgan fingerprint density at radius 3 is 2.14 bits per heavy atom. The summed E-state index contributed by atoms with van der Waals surface area (Å²) in [6, 6.07) is 16.7. The van der Waals surface area contributed by atoms with E-state index in [9.17, 15) is 0 Å². The molecule has 154 valence electrons. The van der Waals surface area contributed by atoms with Gasteiger partial charge in [0, 0.05) is 11.5 Å². The zero-order valence-corrected chi connectivity index (χ0v) is 18.1. The fraction of sp³-hybridized carbons (Fsp3) is 0.480. The van der Waals surface area contributed by atoms with Gasteiger partial charge in [-0.25, -0.2) is 0 Å². The lowest BCUT2D eigenvalue weighted by molar-refractivity contribution is -0.191. The number of hydrogen-bond acceptors (Lipinski definition) is 4. The van der Waals surface area contributed by atoms with Gasteiger partial charge in [0.1, 0.15) is 0 Å². The Labute approximate surface area is 180 Å². The molecule has 0 bridgehead atoms. The Balaban J connectivity index is 1.43. The van der Waals surface area contributed by atoms with Crippen molar-refractivity contribution in [3.05, 3.63) is 65.2 Å². The smallest absolute Gasteiger partial charge is 0.183 e. The summed E-state index contributed by atoms with van der Waals surface area (Å²) in [7, 11) is 0. The molecule has 3 nitrogen and oxygen atoms in total. The highest BCUT2D eigenvalue weighted by Crippen LogP contribution is 2.31. The summed E-state index contributed by atoms with van der Waals surface area (Å²) in [6.45, 7) is 3.60. The van der Waals surface area contributed by atoms with Crippen LogP contribution in [0.1, 0.15) is 74.3 Å². The molecule has 0 aromatic heterocycles. The number of aryl methyl sites for hydroxylation is 1. The van der Waals surface area contributed by atoms with E-state index >= 15 is 0 Å². The lowest BCUT2D eigenvalue weighted by Gasteiger charge is -2.30. The largest absolute Gasteiger partial charge is 0.348 e. The fourth-order valence-electron chi connectivity index (χ4n) is 3.71. The van der Waals surface area contributed by atoms with Gasteiger partial charge in [-0.05, 0) is 48.3 Å².